The van der Waals surface area contributed by atoms with Crippen LogP contribution in [-0.2, 0) is 17.9 Å². The summed E-state index contributed by atoms with van der Waals surface area (Å²) in [6.45, 7) is 7.08. The minimum absolute atomic E-state index is 0.0682. The topological polar surface area (TPSA) is 92.7 Å². The van der Waals surface area contributed by atoms with E-state index in [4.69, 9.17) is 0 Å². The summed E-state index contributed by atoms with van der Waals surface area (Å²) >= 11 is 1.33. The number of hydrogen-bond donors (Lipinski definition) is 2. The molecule has 2 aromatic rings. The van der Waals surface area contributed by atoms with Crippen LogP contribution in [0.4, 0.5) is 0 Å². The quantitative estimate of drug-likeness (QED) is 0.666. The van der Waals surface area contributed by atoms with Gasteiger partial charge in [0.2, 0.25) is 5.91 Å². The number of aromatic amines is 1. The number of nitrogens with one attached hydrogen (secondary N) is 2. The largest absolute Gasteiger partial charge is 0.351 e. The fraction of sp³-hybridized carbons (Fsp3) is 0.529. The monoisotopic (exact) mass is 363 g/mol. The third-order valence-corrected chi connectivity index (χ3v) is 5.28. The number of nitrogens with zero attached hydrogens (tertiary/aromatic N) is 3. The highest BCUT2D eigenvalue weighted by atomic mass is 32.2. The van der Waals surface area contributed by atoms with E-state index in [9.17, 15) is 9.59 Å². The van der Waals surface area contributed by atoms with E-state index in [0.717, 1.165) is 18.4 Å². The van der Waals surface area contributed by atoms with E-state index in [2.05, 4.69) is 27.4 Å². The van der Waals surface area contributed by atoms with E-state index in [-0.39, 0.29) is 22.8 Å². The zero-order chi connectivity index (χ0) is 18.2. The van der Waals surface area contributed by atoms with Crippen LogP contribution >= 0.6 is 11.8 Å². The number of carbonyl (C=O) groups excluding carboxylic acids is 1. The molecular weight excluding hydrogens is 338 g/mol. The van der Waals surface area contributed by atoms with Crippen molar-refractivity contribution in [2.45, 2.75) is 57.1 Å². The first-order valence-electron chi connectivity index (χ1n) is 8.51. The smallest absolute Gasteiger partial charge is 0.343 e. The lowest BCUT2D eigenvalue weighted by Gasteiger charge is -2.19. The fourth-order valence-electron chi connectivity index (χ4n) is 2.30. The van der Waals surface area contributed by atoms with Crippen LogP contribution in [0.2, 0.25) is 0 Å². The molecule has 1 atom stereocenters. The van der Waals surface area contributed by atoms with Gasteiger partial charge >= 0.3 is 5.69 Å². The molecule has 8 heteroatoms. The summed E-state index contributed by atoms with van der Waals surface area (Å²) in [5.74, 6) is 0.0340. The molecule has 0 fully saturated rings. The first-order chi connectivity index (χ1) is 12.0. The van der Waals surface area contributed by atoms with Crippen molar-refractivity contribution in [3.05, 3.63) is 40.6 Å². The van der Waals surface area contributed by atoms with Crippen LogP contribution in [0.1, 0.15) is 39.2 Å². The van der Waals surface area contributed by atoms with Crippen molar-refractivity contribution < 1.29 is 4.79 Å². The second kappa shape index (κ2) is 9.41. The second-order valence-corrected chi connectivity index (χ2v) is 7.29. The van der Waals surface area contributed by atoms with E-state index in [1.165, 1.54) is 11.8 Å². The summed E-state index contributed by atoms with van der Waals surface area (Å²) in [6, 6.07) is 3.76. The molecule has 0 bridgehead atoms. The predicted molar refractivity (Wildman–Crippen MR) is 98.3 cm³/mol. The van der Waals surface area contributed by atoms with Gasteiger partial charge in [0.25, 0.3) is 0 Å². The number of rotatable bonds is 9. The Morgan fingerprint density at radius 1 is 1.44 bits per heavy atom. The second-order valence-electron chi connectivity index (χ2n) is 6.18. The van der Waals surface area contributed by atoms with Crippen LogP contribution in [-0.4, -0.2) is 30.9 Å². The molecule has 2 heterocycles. The SMILES string of the molecule is CCCCn1c(S[C@H](C(=O)NCc2cccnc2)C(C)C)n[nH]c1=O. The lowest BCUT2D eigenvalue weighted by Crippen LogP contribution is -2.35. The van der Waals surface area contributed by atoms with Gasteiger partial charge in [-0.25, -0.2) is 9.89 Å². The van der Waals surface area contributed by atoms with Crippen LogP contribution in [0.25, 0.3) is 0 Å². The Bertz CT molecular complexity index is 726. The standard InChI is InChI=1S/C17H25N5O2S/c1-4-5-9-22-16(24)20-21-17(22)25-14(12(2)3)15(23)19-11-13-7-6-8-18-10-13/h6-8,10,12,14H,4-5,9,11H2,1-3H3,(H,19,23)(H,20,24)/t14-/m0/s1. The van der Waals surface area contributed by atoms with Crippen molar-refractivity contribution in [3.63, 3.8) is 0 Å². The van der Waals surface area contributed by atoms with E-state index in [0.29, 0.717) is 18.2 Å². The van der Waals surface area contributed by atoms with Gasteiger partial charge in [0.1, 0.15) is 0 Å². The maximum Gasteiger partial charge on any atom is 0.343 e. The average Bonchev–Trinajstić information content (AvgIpc) is 2.96. The number of hydrogen-bond acceptors (Lipinski definition) is 5. The molecule has 25 heavy (non-hydrogen) atoms. The van der Waals surface area contributed by atoms with Crippen molar-refractivity contribution in [3.8, 4) is 0 Å². The maximum absolute atomic E-state index is 12.6. The Labute approximate surface area is 151 Å². The number of H-pyrrole nitrogens is 1. The van der Waals surface area contributed by atoms with Gasteiger partial charge in [0.05, 0.1) is 5.25 Å². The number of carbonyl (C=O) groups is 1. The van der Waals surface area contributed by atoms with E-state index < -0.39 is 0 Å². The number of thioether (sulfide) groups is 1. The molecule has 1 amide bonds. The highest BCUT2D eigenvalue weighted by molar-refractivity contribution is 8.00. The molecule has 7 nitrogen and oxygen atoms in total. The molecule has 0 saturated carbocycles. The first-order valence-corrected chi connectivity index (χ1v) is 9.39. The molecule has 0 spiro atoms. The summed E-state index contributed by atoms with van der Waals surface area (Å²) in [4.78, 5) is 28.6. The molecule has 0 radical (unpaired) electrons. The maximum atomic E-state index is 12.6. The van der Waals surface area contributed by atoms with Crippen LogP contribution in [0.15, 0.2) is 34.5 Å². The number of pyridine rings is 1. The summed E-state index contributed by atoms with van der Waals surface area (Å²) in [5.41, 5.74) is 0.720. The number of aromatic nitrogens is 4. The van der Waals surface area contributed by atoms with Gasteiger partial charge < -0.3 is 5.32 Å². The first kappa shape index (κ1) is 19.2. The van der Waals surface area contributed by atoms with Crippen LogP contribution in [0.5, 0.6) is 0 Å². The van der Waals surface area contributed by atoms with Crippen molar-refractivity contribution in [1.29, 1.82) is 0 Å². The lowest BCUT2D eigenvalue weighted by molar-refractivity contribution is -0.121. The van der Waals surface area contributed by atoms with E-state index in [1.54, 1.807) is 17.0 Å². The van der Waals surface area contributed by atoms with Crippen molar-refractivity contribution >= 4 is 17.7 Å². The summed E-state index contributed by atoms with van der Waals surface area (Å²) in [6.07, 6.45) is 5.31. The number of unbranched alkanes of at least 4 members (excludes halogenated alkanes) is 1. The molecule has 0 aliphatic carbocycles. The Morgan fingerprint density at radius 3 is 2.88 bits per heavy atom. The summed E-state index contributed by atoms with van der Waals surface area (Å²) in [7, 11) is 0. The normalized spacial score (nSPS) is 12.3. The fourth-order valence-corrected chi connectivity index (χ4v) is 3.39. The molecule has 2 N–H and O–H groups in total. The molecule has 136 valence electrons. The van der Waals surface area contributed by atoms with Crippen LogP contribution < -0.4 is 11.0 Å². The van der Waals surface area contributed by atoms with Crippen LogP contribution in [0, 0.1) is 5.92 Å². The minimum atomic E-state index is -0.327. The zero-order valence-corrected chi connectivity index (χ0v) is 15.7. The van der Waals surface area contributed by atoms with Gasteiger partial charge in [-0.2, -0.15) is 0 Å². The Kier molecular flexibility index (Phi) is 7.24. The summed E-state index contributed by atoms with van der Waals surface area (Å²) in [5, 5.41) is 9.76. The third-order valence-electron chi connectivity index (χ3n) is 3.74. The minimum Gasteiger partial charge on any atom is -0.351 e. The highest BCUT2D eigenvalue weighted by Gasteiger charge is 2.26. The van der Waals surface area contributed by atoms with E-state index >= 15 is 0 Å². The van der Waals surface area contributed by atoms with Gasteiger partial charge in [0.15, 0.2) is 5.16 Å². The number of amides is 1. The van der Waals surface area contributed by atoms with Crippen LogP contribution in [0.3, 0.4) is 0 Å². The zero-order valence-electron chi connectivity index (χ0n) is 14.9. The molecule has 2 rings (SSSR count). The van der Waals surface area contributed by atoms with Gasteiger partial charge in [0, 0.05) is 25.5 Å². The van der Waals surface area contributed by atoms with Crippen molar-refractivity contribution in [1.82, 2.24) is 25.1 Å². The summed E-state index contributed by atoms with van der Waals surface area (Å²) < 4.78 is 1.61. The Balaban J connectivity index is 2.05. The molecule has 2 aromatic heterocycles. The molecule has 0 aliphatic rings. The highest BCUT2D eigenvalue weighted by Crippen LogP contribution is 2.26. The Hall–Kier alpha value is -2.09. The Morgan fingerprint density at radius 2 is 2.24 bits per heavy atom. The predicted octanol–water partition coefficient (Wildman–Crippen LogP) is 2.20. The van der Waals surface area contributed by atoms with Gasteiger partial charge in [-0.15, -0.1) is 5.10 Å². The van der Waals surface area contributed by atoms with Gasteiger partial charge in [-0.05, 0) is 24.0 Å². The molecule has 0 aromatic carbocycles. The van der Waals surface area contributed by atoms with E-state index in [1.807, 2.05) is 26.0 Å². The van der Waals surface area contributed by atoms with Crippen molar-refractivity contribution in [2.75, 3.05) is 0 Å². The average molecular weight is 363 g/mol. The van der Waals surface area contributed by atoms with Crippen molar-refractivity contribution in [2.24, 2.45) is 5.92 Å². The molecule has 0 aliphatic heterocycles. The van der Waals surface area contributed by atoms with Gasteiger partial charge in [-0.3, -0.25) is 14.3 Å². The van der Waals surface area contributed by atoms with Gasteiger partial charge in [-0.1, -0.05) is 45.0 Å². The molecule has 0 saturated heterocycles. The lowest BCUT2D eigenvalue weighted by atomic mass is 10.1. The molecule has 0 unspecified atom stereocenters. The molecular formula is C17H25N5O2S. The third kappa shape index (κ3) is 5.45.